The van der Waals surface area contributed by atoms with Crippen molar-refractivity contribution in [2.75, 3.05) is 20.8 Å². The van der Waals surface area contributed by atoms with Gasteiger partial charge in [-0.3, -0.25) is 4.79 Å². The van der Waals surface area contributed by atoms with Crippen molar-refractivity contribution < 1.29 is 14.3 Å². The van der Waals surface area contributed by atoms with Crippen LogP contribution in [0.1, 0.15) is 10.4 Å². The molecule has 1 aromatic heterocycles. The topological polar surface area (TPSA) is 47.6 Å². The fourth-order valence-electron chi connectivity index (χ4n) is 2.03. The van der Waals surface area contributed by atoms with E-state index in [0.717, 1.165) is 12.0 Å². The van der Waals surface area contributed by atoms with E-state index in [1.165, 1.54) is 18.1 Å². The van der Waals surface area contributed by atoms with Crippen LogP contribution < -0.4 is 14.8 Å². The predicted octanol–water partition coefficient (Wildman–Crippen LogP) is 3.79. The third-order valence-electron chi connectivity index (χ3n) is 3.13. The lowest BCUT2D eigenvalue weighted by Crippen LogP contribution is -2.23. The Morgan fingerprint density at radius 3 is 2.83 bits per heavy atom. The number of methoxy groups -OCH3 is 2. The average Bonchev–Trinajstić information content (AvgIpc) is 3.05. The molecule has 4 nitrogen and oxygen atoms in total. The van der Waals surface area contributed by atoms with Crippen molar-refractivity contribution in [3.8, 4) is 11.5 Å². The number of ether oxygens (including phenoxy) is 2. The molecule has 1 heterocycles. The number of carbonyl (C=O) groups excluding carboxylic acids is 1. The highest BCUT2D eigenvalue weighted by molar-refractivity contribution is 7.09. The lowest BCUT2D eigenvalue weighted by molar-refractivity contribution is -0.116. The molecule has 1 N–H and O–H groups in total. The molecule has 2 rings (SSSR count). The van der Waals surface area contributed by atoms with Crippen molar-refractivity contribution in [3.63, 3.8) is 0 Å². The molecule has 0 fully saturated rings. The molecule has 23 heavy (non-hydrogen) atoms. The summed E-state index contributed by atoms with van der Waals surface area (Å²) >= 11 is 7.82. The van der Waals surface area contributed by atoms with Crippen LogP contribution in [0.5, 0.6) is 11.5 Å². The van der Waals surface area contributed by atoms with Crippen LogP contribution in [0.2, 0.25) is 5.02 Å². The quantitative estimate of drug-likeness (QED) is 0.772. The molecule has 1 amide bonds. The summed E-state index contributed by atoms with van der Waals surface area (Å²) in [6, 6.07) is 7.54. The molecule has 0 spiro atoms. The van der Waals surface area contributed by atoms with Crippen molar-refractivity contribution in [1.29, 1.82) is 0 Å². The lowest BCUT2D eigenvalue weighted by atomic mass is 10.2. The zero-order valence-electron chi connectivity index (χ0n) is 13.0. The van der Waals surface area contributed by atoms with Gasteiger partial charge in [-0.1, -0.05) is 17.7 Å². The van der Waals surface area contributed by atoms with Gasteiger partial charge in [0.15, 0.2) is 11.5 Å². The fraction of sp³-hybridized carbons (Fsp3) is 0.235. The lowest BCUT2D eigenvalue weighted by Gasteiger charge is -2.10. The maximum atomic E-state index is 11.8. The molecule has 6 heteroatoms. The second-order valence-corrected chi connectivity index (χ2v) is 6.13. The van der Waals surface area contributed by atoms with Gasteiger partial charge in [-0.25, -0.2) is 0 Å². The van der Waals surface area contributed by atoms with Gasteiger partial charge in [-0.2, -0.15) is 0 Å². The molecule has 0 aliphatic heterocycles. The van der Waals surface area contributed by atoms with Gasteiger partial charge >= 0.3 is 0 Å². The molecule has 0 bridgehead atoms. The number of carbonyl (C=O) groups is 1. The normalized spacial score (nSPS) is 10.7. The third kappa shape index (κ3) is 5.01. The first-order chi connectivity index (χ1) is 11.1. The molecule has 1 aromatic carbocycles. The van der Waals surface area contributed by atoms with Gasteiger partial charge in [0.2, 0.25) is 5.91 Å². The number of amides is 1. The zero-order valence-corrected chi connectivity index (χ0v) is 14.5. The minimum atomic E-state index is -0.146. The van der Waals surface area contributed by atoms with Crippen LogP contribution in [0.15, 0.2) is 35.7 Å². The maximum Gasteiger partial charge on any atom is 0.244 e. The largest absolute Gasteiger partial charge is 0.493 e. The number of hydrogen-bond donors (Lipinski definition) is 1. The molecular weight excluding hydrogens is 334 g/mol. The number of hydrogen-bond acceptors (Lipinski definition) is 4. The van der Waals surface area contributed by atoms with E-state index < -0.39 is 0 Å². The van der Waals surface area contributed by atoms with Crippen LogP contribution >= 0.6 is 22.9 Å². The summed E-state index contributed by atoms with van der Waals surface area (Å²) in [7, 11) is 3.07. The van der Waals surface area contributed by atoms with Crippen molar-refractivity contribution in [3.05, 3.63) is 51.2 Å². The maximum absolute atomic E-state index is 11.8. The minimum absolute atomic E-state index is 0.146. The van der Waals surface area contributed by atoms with Crippen molar-refractivity contribution in [2.24, 2.45) is 0 Å². The predicted molar refractivity (Wildman–Crippen MR) is 94.6 cm³/mol. The molecule has 0 saturated heterocycles. The first kappa shape index (κ1) is 17.4. The number of nitrogens with one attached hydrogen (secondary N) is 1. The van der Waals surface area contributed by atoms with E-state index in [1.54, 1.807) is 36.7 Å². The first-order valence-electron chi connectivity index (χ1n) is 7.04. The van der Waals surface area contributed by atoms with Gasteiger partial charge in [-0.15, -0.1) is 11.3 Å². The summed E-state index contributed by atoms with van der Waals surface area (Å²) in [5.74, 6) is 0.858. The van der Waals surface area contributed by atoms with Gasteiger partial charge in [-0.05, 0) is 41.6 Å². The summed E-state index contributed by atoms with van der Waals surface area (Å²) in [6.07, 6.45) is 4.00. The van der Waals surface area contributed by atoms with Gasteiger partial charge in [0.1, 0.15) is 0 Å². The summed E-state index contributed by atoms with van der Waals surface area (Å²) in [6.45, 7) is 0.608. The Labute approximate surface area is 144 Å². The first-order valence-corrected chi connectivity index (χ1v) is 8.29. The highest BCUT2D eigenvalue weighted by Gasteiger charge is 2.09. The van der Waals surface area contributed by atoms with Gasteiger partial charge in [0, 0.05) is 17.5 Å². The van der Waals surface area contributed by atoms with Gasteiger partial charge < -0.3 is 14.8 Å². The Morgan fingerprint density at radius 1 is 1.35 bits per heavy atom. The highest BCUT2D eigenvalue weighted by atomic mass is 35.5. The second-order valence-electron chi connectivity index (χ2n) is 4.69. The van der Waals surface area contributed by atoms with Crippen LogP contribution in [0.3, 0.4) is 0 Å². The summed E-state index contributed by atoms with van der Waals surface area (Å²) in [4.78, 5) is 13.1. The van der Waals surface area contributed by atoms with Crippen LogP contribution in [-0.4, -0.2) is 26.7 Å². The Bertz CT molecular complexity index is 683. The molecule has 0 aliphatic rings. The summed E-state index contributed by atoms with van der Waals surface area (Å²) in [5, 5.41) is 5.31. The van der Waals surface area contributed by atoms with E-state index >= 15 is 0 Å². The Hall–Kier alpha value is -1.98. The van der Waals surface area contributed by atoms with E-state index in [1.807, 2.05) is 11.4 Å². The molecule has 0 saturated carbocycles. The number of rotatable bonds is 7. The van der Waals surface area contributed by atoms with E-state index in [4.69, 9.17) is 21.1 Å². The smallest absolute Gasteiger partial charge is 0.244 e. The molecule has 0 atom stereocenters. The zero-order chi connectivity index (χ0) is 16.7. The third-order valence-corrected chi connectivity index (χ3v) is 4.35. The van der Waals surface area contributed by atoms with E-state index in [9.17, 15) is 4.79 Å². The van der Waals surface area contributed by atoms with Crippen molar-refractivity contribution in [1.82, 2.24) is 5.32 Å². The molecule has 0 radical (unpaired) electrons. The average molecular weight is 352 g/mol. The highest BCUT2D eigenvalue weighted by Crippen LogP contribution is 2.36. The molecule has 2 aromatic rings. The summed E-state index contributed by atoms with van der Waals surface area (Å²) in [5.41, 5.74) is 0.765. The van der Waals surface area contributed by atoms with Crippen LogP contribution in [0.25, 0.3) is 6.08 Å². The molecular formula is C17H18ClNO3S. The van der Waals surface area contributed by atoms with Gasteiger partial charge in [0.25, 0.3) is 0 Å². The van der Waals surface area contributed by atoms with Crippen molar-refractivity contribution >= 4 is 34.9 Å². The number of benzene rings is 1. The van der Waals surface area contributed by atoms with Crippen LogP contribution in [0, 0.1) is 0 Å². The fourth-order valence-corrected chi connectivity index (χ4v) is 3.03. The number of thiophene rings is 1. The Balaban J connectivity index is 1.93. The second kappa shape index (κ2) is 8.60. The number of halogens is 1. The SMILES string of the molecule is COc1cc(/C=C/C(=O)NCCc2cccs2)cc(Cl)c1OC. The van der Waals surface area contributed by atoms with Crippen molar-refractivity contribution in [2.45, 2.75) is 6.42 Å². The Morgan fingerprint density at radius 2 is 2.17 bits per heavy atom. The van der Waals surface area contributed by atoms with Crippen LogP contribution in [0.4, 0.5) is 0 Å². The minimum Gasteiger partial charge on any atom is -0.493 e. The standard InChI is InChI=1S/C17H18ClNO3S/c1-21-15-11-12(10-14(18)17(15)22-2)5-6-16(20)19-8-7-13-4-3-9-23-13/h3-6,9-11H,7-8H2,1-2H3,(H,19,20)/b6-5+. The van der Waals surface area contributed by atoms with E-state index in [-0.39, 0.29) is 5.91 Å². The van der Waals surface area contributed by atoms with Crippen LogP contribution in [-0.2, 0) is 11.2 Å². The van der Waals surface area contributed by atoms with E-state index in [0.29, 0.717) is 23.1 Å². The molecule has 0 unspecified atom stereocenters. The summed E-state index contributed by atoms with van der Waals surface area (Å²) < 4.78 is 10.4. The monoisotopic (exact) mass is 351 g/mol. The van der Waals surface area contributed by atoms with E-state index in [2.05, 4.69) is 11.4 Å². The molecule has 122 valence electrons. The molecule has 0 aliphatic carbocycles. The Kier molecular flexibility index (Phi) is 6.50. The van der Waals surface area contributed by atoms with Gasteiger partial charge in [0.05, 0.1) is 19.2 Å².